The second-order valence-electron chi connectivity index (χ2n) is 17.6. The van der Waals surface area contributed by atoms with Crippen LogP contribution in [-0.4, -0.2) is 95.2 Å². The lowest BCUT2D eigenvalue weighted by Gasteiger charge is -2.29. The Morgan fingerprint density at radius 1 is 1.08 bits per heavy atom. The van der Waals surface area contributed by atoms with E-state index in [4.69, 9.17) is 9.84 Å². The molecule has 2 heterocycles. The van der Waals surface area contributed by atoms with E-state index in [2.05, 4.69) is 36.1 Å². The number of hydrogen-bond donors (Lipinski definition) is 5. The number of alkyl halides is 4. The Kier molecular flexibility index (Phi) is 18.8. The molecule has 4 amide bonds. The Labute approximate surface area is 371 Å². The van der Waals surface area contributed by atoms with Gasteiger partial charge in [0.05, 0.1) is 28.8 Å². The number of aromatic amines is 1. The van der Waals surface area contributed by atoms with E-state index in [0.29, 0.717) is 48.4 Å². The van der Waals surface area contributed by atoms with Gasteiger partial charge in [-0.05, 0) is 68.9 Å². The van der Waals surface area contributed by atoms with Gasteiger partial charge in [0.1, 0.15) is 23.9 Å². The van der Waals surface area contributed by atoms with Crippen molar-refractivity contribution in [2.24, 2.45) is 23.7 Å². The number of carboxylic acid groups (broad SMARTS) is 1. The molecule has 2 aromatic rings. The summed E-state index contributed by atoms with van der Waals surface area (Å²) in [6.07, 6.45) is 3.07. The maximum Gasteiger partial charge on any atom is 0.405 e. The van der Waals surface area contributed by atoms with Gasteiger partial charge in [0, 0.05) is 23.3 Å². The third-order valence-corrected chi connectivity index (χ3v) is 13.8. The molecule has 1 aromatic heterocycles. The van der Waals surface area contributed by atoms with Crippen molar-refractivity contribution in [2.45, 2.75) is 154 Å². The summed E-state index contributed by atoms with van der Waals surface area (Å²) < 4.78 is 86.4. The predicted octanol–water partition coefficient (Wildman–Crippen LogP) is 7.83. The number of carbonyl (C=O) groups excluding carboxylic acids is 3. The van der Waals surface area contributed by atoms with E-state index in [9.17, 15) is 50.0 Å². The second kappa shape index (κ2) is 22.4. The highest BCUT2D eigenvalue weighted by Gasteiger charge is 2.67. The summed E-state index contributed by atoms with van der Waals surface area (Å²) in [6.45, 7) is 13.2. The quantitative estimate of drug-likeness (QED) is 0.0862. The van der Waals surface area contributed by atoms with Crippen LogP contribution in [0.25, 0.3) is 11.0 Å². The number of unbranched alkanes of at least 4 members (excludes halogenated alkanes) is 1. The standard InChI is InChI=1S/C19H24F2N2O2.C18H26F2N4O7S.C4H10.C2H6.3H2/c1-25-14-9-10-15-16(12-14)23-18(24)17(22-15)19(20,21)11-5-4-8-13-6-2-3-7-13;1-9-3-6-24(11(25)8-21-16(28)29)12(9)14(26)22-18(7-10(18)13(19)20)15(27)23-32(30,31)17(2)4-5-17;1-4(2)3;1-2;;;/h9-10,12-13H,2-8,11H2,1H3,(H,23,24);9-10,12-13,21H,3-8H2,1-2H3,(H,22,26)(H,23,27)(H,28,29);4H,1-3H3;1-2H3;3*1H/t;9-,10+,12+,18-;;;;;/m.1...../s1. The highest BCUT2D eigenvalue weighted by atomic mass is 32.2. The zero-order valence-corrected chi connectivity index (χ0v) is 38.4. The third-order valence-electron chi connectivity index (χ3n) is 11.7. The van der Waals surface area contributed by atoms with Crippen LogP contribution in [0.1, 0.15) is 135 Å². The van der Waals surface area contributed by atoms with E-state index < -0.39 is 92.7 Å². The van der Waals surface area contributed by atoms with Gasteiger partial charge < -0.3 is 30.4 Å². The zero-order valence-electron chi connectivity index (χ0n) is 37.6. The molecule has 15 nitrogen and oxygen atoms in total. The number of halogens is 4. The first kappa shape index (κ1) is 52.9. The molecule has 4 aliphatic rings. The van der Waals surface area contributed by atoms with Crippen LogP contribution in [0.4, 0.5) is 22.4 Å². The highest BCUT2D eigenvalue weighted by Crippen LogP contribution is 2.49. The Morgan fingerprint density at radius 3 is 2.24 bits per heavy atom. The van der Waals surface area contributed by atoms with Crippen molar-refractivity contribution in [3.05, 3.63) is 34.2 Å². The first-order valence-electron chi connectivity index (χ1n) is 21.9. The van der Waals surface area contributed by atoms with Gasteiger partial charge in [0.15, 0.2) is 5.69 Å². The number of nitrogens with one attached hydrogen (secondary N) is 4. The number of benzene rings is 1. The SMILES string of the molecule is CC.CC(C)C.COc1ccc2nc(C(F)(F)CCCCC3CCCC3)c(=O)[nH]c2c1.C[C@@H]1CCN(C(=O)CNC(=O)O)[C@@H]1C(=O)N[C@]1(C(=O)NS(=O)(=O)C2(C)CC2)C[C@H]1C(F)F.[HH].[HH].[HH]. The summed E-state index contributed by atoms with van der Waals surface area (Å²) in [5, 5.41) is 12.9. The van der Waals surface area contributed by atoms with Crippen LogP contribution in [0.15, 0.2) is 23.0 Å². The number of H-pyrrole nitrogens is 1. The maximum absolute atomic E-state index is 14.5. The Balaban J connectivity index is 0.00000112. The molecule has 5 N–H and O–H groups in total. The van der Waals surface area contributed by atoms with Gasteiger partial charge >= 0.3 is 6.09 Å². The molecule has 1 saturated heterocycles. The zero-order chi connectivity index (χ0) is 47.5. The molecule has 4 fully saturated rings. The Bertz CT molecular complexity index is 2080. The van der Waals surface area contributed by atoms with Gasteiger partial charge in [0.2, 0.25) is 28.3 Å². The van der Waals surface area contributed by atoms with Gasteiger partial charge in [-0.1, -0.05) is 80.1 Å². The van der Waals surface area contributed by atoms with E-state index in [1.807, 2.05) is 23.9 Å². The Hall–Kier alpha value is -4.49. The van der Waals surface area contributed by atoms with E-state index in [1.54, 1.807) is 25.1 Å². The lowest BCUT2D eigenvalue weighted by atomic mass is 9.98. The number of amides is 4. The number of ether oxygens (including phenoxy) is 1. The summed E-state index contributed by atoms with van der Waals surface area (Å²) in [6, 6.07) is 3.67. The van der Waals surface area contributed by atoms with Crippen LogP contribution in [0.5, 0.6) is 5.75 Å². The lowest BCUT2D eigenvalue weighted by Crippen LogP contribution is -2.58. The van der Waals surface area contributed by atoms with Crippen molar-refractivity contribution in [2.75, 3.05) is 20.2 Å². The molecule has 0 spiro atoms. The topological polar surface area (TPSA) is 217 Å². The van der Waals surface area contributed by atoms with E-state index >= 15 is 0 Å². The van der Waals surface area contributed by atoms with Crippen LogP contribution in [0.3, 0.4) is 0 Å². The van der Waals surface area contributed by atoms with Crippen LogP contribution >= 0.6 is 0 Å². The summed E-state index contributed by atoms with van der Waals surface area (Å²) >= 11 is 0. The number of nitrogens with zero attached hydrogens (tertiary/aromatic N) is 2. The molecular formula is C43H72F4N6O9S. The molecule has 0 unspecified atom stereocenters. The fraction of sp³-hybridized carbons (Fsp3) is 0.721. The lowest BCUT2D eigenvalue weighted by molar-refractivity contribution is -0.140. The van der Waals surface area contributed by atoms with Gasteiger partial charge in [0.25, 0.3) is 17.4 Å². The molecule has 4 atom stereocenters. The van der Waals surface area contributed by atoms with Crippen molar-refractivity contribution in [3.8, 4) is 5.75 Å². The smallest absolute Gasteiger partial charge is 0.405 e. The van der Waals surface area contributed by atoms with Crippen molar-refractivity contribution in [3.63, 3.8) is 0 Å². The number of rotatable bonds is 15. The first-order chi connectivity index (χ1) is 29.5. The molecule has 362 valence electrons. The summed E-state index contributed by atoms with van der Waals surface area (Å²) in [5.74, 6) is -5.86. The minimum atomic E-state index is -4.11. The van der Waals surface area contributed by atoms with Crippen molar-refractivity contribution < 1.29 is 59.3 Å². The minimum Gasteiger partial charge on any atom is -0.497 e. The number of aromatic nitrogens is 2. The molecule has 20 heteroatoms. The molecule has 1 aliphatic heterocycles. The first-order valence-corrected chi connectivity index (χ1v) is 23.3. The fourth-order valence-corrected chi connectivity index (χ4v) is 8.96. The number of hydrogen-bond acceptors (Lipinski definition) is 9. The van der Waals surface area contributed by atoms with E-state index in [0.717, 1.165) is 23.7 Å². The van der Waals surface area contributed by atoms with Gasteiger partial charge in [-0.3, -0.25) is 23.9 Å². The molecular weight excluding hydrogens is 853 g/mol. The van der Waals surface area contributed by atoms with Crippen LogP contribution in [0.2, 0.25) is 0 Å². The number of carbonyl (C=O) groups is 4. The van der Waals surface area contributed by atoms with Gasteiger partial charge in [-0.25, -0.2) is 27.0 Å². The predicted molar refractivity (Wildman–Crippen MR) is 236 cm³/mol. The molecule has 3 aliphatic carbocycles. The summed E-state index contributed by atoms with van der Waals surface area (Å²) in [7, 11) is -2.61. The van der Waals surface area contributed by atoms with Crippen LogP contribution in [-0.2, 0) is 30.3 Å². The second-order valence-corrected chi connectivity index (χ2v) is 19.8. The minimum absolute atomic E-state index is 0. The Morgan fingerprint density at radius 2 is 1.70 bits per heavy atom. The molecule has 6 rings (SSSR count). The maximum atomic E-state index is 14.5. The fourth-order valence-electron chi connectivity index (χ4n) is 7.65. The normalized spacial score (nSPS) is 22.4. The van der Waals surface area contributed by atoms with Gasteiger partial charge in [-0.2, -0.15) is 8.78 Å². The molecule has 1 aromatic carbocycles. The number of likely N-dealkylation sites (tertiary alicyclic amines) is 1. The summed E-state index contributed by atoms with van der Waals surface area (Å²) in [4.78, 5) is 68.4. The highest BCUT2D eigenvalue weighted by molar-refractivity contribution is 7.91. The summed E-state index contributed by atoms with van der Waals surface area (Å²) in [5.41, 5.74) is -2.89. The number of sulfonamides is 1. The van der Waals surface area contributed by atoms with Crippen molar-refractivity contribution in [1.29, 1.82) is 0 Å². The van der Waals surface area contributed by atoms with Crippen molar-refractivity contribution >= 4 is 44.9 Å². The largest absolute Gasteiger partial charge is 0.497 e. The molecule has 63 heavy (non-hydrogen) atoms. The number of fused-ring (bicyclic) bond motifs is 1. The monoisotopic (exact) mass is 925 g/mol. The third kappa shape index (κ3) is 14.0. The van der Waals surface area contributed by atoms with Crippen LogP contribution < -0.4 is 25.7 Å². The average molecular weight is 925 g/mol. The molecule has 3 saturated carbocycles. The molecule has 0 bridgehead atoms. The van der Waals surface area contributed by atoms with Gasteiger partial charge in [-0.15, -0.1) is 0 Å². The number of methoxy groups -OCH3 is 1. The molecule has 0 radical (unpaired) electrons. The van der Waals surface area contributed by atoms with E-state index in [1.165, 1.54) is 39.7 Å². The average Bonchev–Trinajstić information content (AvgIpc) is 4.02. The van der Waals surface area contributed by atoms with E-state index in [-0.39, 0.29) is 23.2 Å². The van der Waals surface area contributed by atoms with Crippen molar-refractivity contribution in [1.82, 2.24) is 30.2 Å². The van der Waals surface area contributed by atoms with Crippen LogP contribution in [0, 0.1) is 23.7 Å².